The maximum Gasteiger partial charge on any atom is 0.266 e. The number of rotatable bonds is 8. The van der Waals surface area contributed by atoms with E-state index in [9.17, 15) is 14.4 Å². The molecule has 0 unspecified atom stereocenters. The molecule has 0 aromatic heterocycles. The largest absolute Gasteiger partial charge is 0.490 e. The molecule has 1 N–H and O–H groups in total. The normalized spacial score (nSPS) is 11.0. The van der Waals surface area contributed by atoms with Crippen molar-refractivity contribution in [2.75, 3.05) is 11.9 Å². The number of carbonyl (C=O) groups excluding carboxylic acids is 1. The highest BCUT2D eigenvalue weighted by Gasteiger charge is 2.15. The molecule has 3 rings (SSSR count). The average Bonchev–Trinajstić information content (AvgIpc) is 2.80. The maximum atomic E-state index is 13.1. The van der Waals surface area contributed by atoms with Crippen molar-refractivity contribution in [3.05, 3.63) is 90.7 Å². The Kier molecular flexibility index (Phi) is 9.16. The smallest absolute Gasteiger partial charge is 0.266 e. The fraction of sp³-hybridized carbons (Fsp3) is 0.120. The molecule has 0 saturated carbocycles. The van der Waals surface area contributed by atoms with Crippen LogP contribution >= 0.6 is 45.8 Å². The zero-order valence-corrected chi connectivity index (χ0v) is 21.5. The van der Waals surface area contributed by atoms with Gasteiger partial charge in [-0.25, -0.2) is 4.39 Å². The monoisotopic (exact) mass is 610 g/mol. The minimum atomic E-state index is -0.609. The van der Waals surface area contributed by atoms with E-state index in [-0.39, 0.29) is 12.2 Å². The van der Waals surface area contributed by atoms with Gasteiger partial charge in [-0.05, 0) is 95.2 Å². The fourth-order valence-corrected chi connectivity index (χ4v) is 4.01. The number of ether oxygens (including phenoxy) is 2. The molecule has 3 aromatic rings. The van der Waals surface area contributed by atoms with Gasteiger partial charge in [0.05, 0.1) is 20.2 Å². The predicted molar refractivity (Wildman–Crippen MR) is 140 cm³/mol. The molecule has 0 saturated heterocycles. The molecular formula is C25H18Cl2FIN2O3. The zero-order chi connectivity index (χ0) is 24.7. The van der Waals surface area contributed by atoms with E-state index in [1.807, 2.05) is 19.1 Å². The Labute approximate surface area is 220 Å². The molecule has 0 aliphatic rings. The molecule has 5 nitrogen and oxygen atoms in total. The Balaban J connectivity index is 1.84. The van der Waals surface area contributed by atoms with Crippen LogP contribution in [0.3, 0.4) is 0 Å². The van der Waals surface area contributed by atoms with Gasteiger partial charge in [-0.2, -0.15) is 5.26 Å². The first kappa shape index (κ1) is 25.8. The Morgan fingerprint density at radius 1 is 1.12 bits per heavy atom. The third kappa shape index (κ3) is 6.86. The third-order valence-electron chi connectivity index (χ3n) is 4.48. The molecule has 0 aliphatic heterocycles. The summed E-state index contributed by atoms with van der Waals surface area (Å²) in [5.74, 6) is -0.0348. The molecule has 0 atom stereocenters. The van der Waals surface area contributed by atoms with Crippen LogP contribution in [0.2, 0.25) is 10.0 Å². The molecule has 0 spiro atoms. The summed E-state index contributed by atoms with van der Waals surface area (Å²) in [7, 11) is 0. The van der Waals surface area contributed by atoms with Gasteiger partial charge in [0.2, 0.25) is 0 Å². The predicted octanol–water partition coefficient (Wildman–Crippen LogP) is 7.26. The molecule has 174 valence electrons. The van der Waals surface area contributed by atoms with Crippen molar-refractivity contribution < 1.29 is 18.7 Å². The SMILES string of the molecule is CCOc1cc(/C=C(/C#N)C(=O)Nc2ccc(F)cc2)cc(I)c1OCc1ccc(Cl)c(Cl)c1. The lowest BCUT2D eigenvalue weighted by Gasteiger charge is -2.15. The number of anilines is 1. The number of carbonyl (C=O) groups is 1. The Morgan fingerprint density at radius 3 is 2.50 bits per heavy atom. The lowest BCUT2D eigenvalue weighted by Crippen LogP contribution is -2.13. The first-order valence-corrected chi connectivity index (χ1v) is 11.9. The summed E-state index contributed by atoms with van der Waals surface area (Å²) in [6, 6.07) is 15.9. The molecule has 0 radical (unpaired) electrons. The first-order valence-electron chi connectivity index (χ1n) is 10.0. The van der Waals surface area contributed by atoms with E-state index in [2.05, 4.69) is 27.9 Å². The Morgan fingerprint density at radius 2 is 1.85 bits per heavy atom. The summed E-state index contributed by atoms with van der Waals surface area (Å²) >= 11 is 14.2. The van der Waals surface area contributed by atoms with Gasteiger partial charge >= 0.3 is 0 Å². The second kappa shape index (κ2) is 12.1. The number of nitrogens with one attached hydrogen (secondary N) is 1. The van der Waals surface area contributed by atoms with Crippen molar-refractivity contribution in [3.63, 3.8) is 0 Å². The van der Waals surface area contributed by atoms with Crippen LogP contribution in [-0.2, 0) is 11.4 Å². The van der Waals surface area contributed by atoms with Crippen molar-refractivity contribution in [3.8, 4) is 17.6 Å². The van der Waals surface area contributed by atoms with Gasteiger partial charge in [-0.3, -0.25) is 4.79 Å². The molecule has 0 fully saturated rings. The second-order valence-electron chi connectivity index (χ2n) is 6.93. The summed E-state index contributed by atoms with van der Waals surface area (Å²) < 4.78 is 25.6. The van der Waals surface area contributed by atoms with Crippen LogP contribution in [0, 0.1) is 20.7 Å². The zero-order valence-electron chi connectivity index (χ0n) is 17.9. The highest BCUT2D eigenvalue weighted by molar-refractivity contribution is 14.1. The average molecular weight is 611 g/mol. The maximum absolute atomic E-state index is 13.1. The summed E-state index contributed by atoms with van der Waals surface area (Å²) in [4.78, 5) is 12.5. The molecule has 9 heteroatoms. The van der Waals surface area contributed by atoms with Crippen molar-refractivity contribution in [2.45, 2.75) is 13.5 Å². The lowest BCUT2D eigenvalue weighted by molar-refractivity contribution is -0.112. The Bertz CT molecular complexity index is 1270. The van der Waals surface area contributed by atoms with Crippen LogP contribution in [0.15, 0.2) is 60.2 Å². The van der Waals surface area contributed by atoms with Gasteiger partial charge in [0.15, 0.2) is 11.5 Å². The van der Waals surface area contributed by atoms with Crippen LogP contribution in [0.5, 0.6) is 11.5 Å². The number of halogens is 4. The summed E-state index contributed by atoms with van der Waals surface area (Å²) in [5.41, 5.74) is 1.68. The molecule has 34 heavy (non-hydrogen) atoms. The standard InChI is InChI=1S/C25H18Cl2FIN2O3/c1-2-33-23-12-16(9-17(13-30)25(32)31-19-6-4-18(28)5-7-19)11-22(29)24(23)34-14-15-3-8-20(26)21(27)10-15/h3-12H,2,14H2,1H3,(H,31,32)/b17-9-. The van der Waals surface area contributed by atoms with Gasteiger partial charge in [0, 0.05) is 5.69 Å². The van der Waals surface area contributed by atoms with E-state index in [0.717, 1.165) is 9.13 Å². The van der Waals surface area contributed by atoms with Crippen LogP contribution in [-0.4, -0.2) is 12.5 Å². The van der Waals surface area contributed by atoms with Gasteiger partial charge in [-0.1, -0.05) is 29.3 Å². The van der Waals surface area contributed by atoms with Crippen LogP contribution in [0.25, 0.3) is 6.08 Å². The lowest BCUT2D eigenvalue weighted by atomic mass is 10.1. The van der Waals surface area contributed by atoms with E-state index in [1.165, 1.54) is 30.3 Å². The first-order chi connectivity index (χ1) is 16.3. The van der Waals surface area contributed by atoms with Crippen LogP contribution in [0.4, 0.5) is 10.1 Å². The number of amides is 1. The Hall–Kier alpha value is -2.80. The van der Waals surface area contributed by atoms with Crippen molar-refractivity contribution in [1.29, 1.82) is 5.26 Å². The number of hydrogen-bond donors (Lipinski definition) is 1. The van der Waals surface area contributed by atoms with E-state index < -0.39 is 11.7 Å². The molecule has 0 heterocycles. The van der Waals surface area contributed by atoms with E-state index in [4.69, 9.17) is 32.7 Å². The van der Waals surface area contributed by atoms with Gasteiger partial charge in [0.25, 0.3) is 5.91 Å². The highest BCUT2D eigenvalue weighted by Crippen LogP contribution is 2.36. The summed E-state index contributed by atoms with van der Waals surface area (Å²) in [5, 5.41) is 13.0. The van der Waals surface area contributed by atoms with Crippen LogP contribution < -0.4 is 14.8 Å². The molecule has 0 bridgehead atoms. The second-order valence-corrected chi connectivity index (χ2v) is 8.91. The fourth-order valence-electron chi connectivity index (χ4n) is 2.91. The van der Waals surface area contributed by atoms with Crippen molar-refractivity contribution in [2.24, 2.45) is 0 Å². The highest BCUT2D eigenvalue weighted by atomic mass is 127. The number of nitrogens with zero attached hydrogens (tertiary/aromatic N) is 1. The van der Waals surface area contributed by atoms with Gasteiger partial charge < -0.3 is 14.8 Å². The molecule has 1 amide bonds. The quantitative estimate of drug-likeness (QED) is 0.166. The van der Waals surface area contributed by atoms with E-state index in [0.29, 0.717) is 39.4 Å². The van der Waals surface area contributed by atoms with Crippen molar-refractivity contribution in [1.82, 2.24) is 0 Å². The van der Waals surface area contributed by atoms with E-state index in [1.54, 1.807) is 24.3 Å². The van der Waals surface area contributed by atoms with E-state index >= 15 is 0 Å². The van der Waals surface area contributed by atoms with Crippen LogP contribution in [0.1, 0.15) is 18.1 Å². The third-order valence-corrected chi connectivity index (χ3v) is 6.02. The number of hydrogen-bond acceptors (Lipinski definition) is 4. The molecular weight excluding hydrogens is 593 g/mol. The molecule has 0 aliphatic carbocycles. The minimum Gasteiger partial charge on any atom is -0.490 e. The van der Waals surface area contributed by atoms with Gasteiger partial charge in [-0.15, -0.1) is 0 Å². The number of nitriles is 1. The topological polar surface area (TPSA) is 71.3 Å². The number of benzene rings is 3. The van der Waals surface area contributed by atoms with Crippen molar-refractivity contribution >= 4 is 63.5 Å². The summed E-state index contributed by atoms with van der Waals surface area (Å²) in [6.07, 6.45) is 1.45. The minimum absolute atomic E-state index is 0.118. The summed E-state index contributed by atoms with van der Waals surface area (Å²) in [6.45, 7) is 2.48. The van der Waals surface area contributed by atoms with Gasteiger partial charge in [0.1, 0.15) is 24.1 Å². The molecule has 3 aromatic carbocycles.